The van der Waals surface area contributed by atoms with Crippen molar-refractivity contribution in [3.8, 4) is 0 Å². The first-order valence-electron chi connectivity index (χ1n) is 7.62. The summed E-state index contributed by atoms with van der Waals surface area (Å²) < 4.78 is 0. The Morgan fingerprint density at radius 3 is 2.78 bits per heavy atom. The lowest BCUT2D eigenvalue weighted by Crippen LogP contribution is -2.37. The zero-order valence-electron chi connectivity index (χ0n) is 12.9. The monoisotopic (exact) mass is 348 g/mol. The van der Waals surface area contributed by atoms with Gasteiger partial charge < -0.3 is 10.2 Å². The van der Waals surface area contributed by atoms with Crippen molar-refractivity contribution in [1.29, 1.82) is 0 Å². The highest BCUT2D eigenvalue weighted by Gasteiger charge is 2.21. The molecule has 1 aliphatic heterocycles. The molecule has 3 rings (SSSR count). The smallest absolute Gasteiger partial charge is 0.239 e. The molecule has 2 aromatic carbocycles. The number of halogens is 2. The van der Waals surface area contributed by atoms with E-state index >= 15 is 0 Å². The summed E-state index contributed by atoms with van der Waals surface area (Å²) in [5.41, 5.74) is 3.40. The van der Waals surface area contributed by atoms with Crippen LogP contribution in [0.15, 0.2) is 42.5 Å². The minimum atomic E-state index is -0.116. The van der Waals surface area contributed by atoms with Gasteiger partial charge in [-0.2, -0.15) is 0 Å². The second kappa shape index (κ2) is 6.81. The summed E-state index contributed by atoms with van der Waals surface area (Å²) in [5.74, 6) is 0.000255. The standard InChI is InChI=1S/C18H18Cl2N2O/c1-12(14-6-7-15(19)16(20)10-14)21-18(23)11-22-9-8-13-4-2-3-5-17(13)22/h2-7,10,12H,8-9,11H2,1H3,(H,21,23)/t12-/m1/s1. The first kappa shape index (κ1) is 16.2. The van der Waals surface area contributed by atoms with Gasteiger partial charge in [0.25, 0.3) is 0 Å². The van der Waals surface area contributed by atoms with Crippen LogP contribution in [0.25, 0.3) is 0 Å². The van der Waals surface area contributed by atoms with Crippen LogP contribution in [0.4, 0.5) is 5.69 Å². The Kier molecular flexibility index (Phi) is 4.79. The topological polar surface area (TPSA) is 32.3 Å². The van der Waals surface area contributed by atoms with Crippen LogP contribution in [-0.4, -0.2) is 19.0 Å². The molecule has 0 spiro atoms. The Morgan fingerprint density at radius 2 is 2.00 bits per heavy atom. The number of rotatable bonds is 4. The van der Waals surface area contributed by atoms with Gasteiger partial charge >= 0.3 is 0 Å². The second-order valence-corrected chi connectivity index (χ2v) is 6.58. The van der Waals surface area contributed by atoms with E-state index in [1.54, 1.807) is 12.1 Å². The number of hydrogen-bond donors (Lipinski definition) is 1. The van der Waals surface area contributed by atoms with Crippen LogP contribution in [0.5, 0.6) is 0 Å². The number of anilines is 1. The van der Waals surface area contributed by atoms with Crippen LogP contribution in [-0.2, 0) is 11.2 Å². The highest BCUT2D eigenvalue weighted by atomic mass is 35.5. The van der Waals surface area contributed by atoms with Crippen molar-refractivity contribution in [1.82, 2.24) is 5.32 Å². The maximum atomic E-state index is 12.3. The van der Waals surface area contributed by atoms with Gasteiger partial charge in [0, 0.05) is 12.2 Å². The summed E-state index contributed by atoms with van der Waals surface area (Å²) >= 11 is 12.0. The SMILES string of the molecule is C[C@@H](NC(=O)CN1CCc2ccccc21)c1ccc(Cl)c(Cl)c1. The highest BCUT2D eigenvalue weighted by Crippen LogP contribution is 2.27. The summed E-state index contributed by atoms with van der Waals surface area (Å²) in [5, 5.41) is 4.03. The van der Waals surface area contributed by atoms with Gasteiger partial charge in [0.15, 0.2) is 0 Å². The van der Waals surface area contributed by atoms with Crippen molar-refractivity contribution in [3.63, 3.8) is 0 Å². The third kappa shape index (κ3) is 3.62. The summed E-state index contributed by atoms with van der Waals surface area (Å²) in [6, 6.07) is 13.5. The number of benzene rings is 2. The molecule has 0 aliphatic carbocycles. The molecule has 2 aromatic rings. The lowest BCUT2D eigenvalue weighted by Gasteiger charge is -2.21. The predicted octanol–water partition coefficient (Wildman–Crippen LogP) is 4.23. The fraction of sp³-hybridized carbons (Fsp3) is 0.278. The number of fused-ring (bicyclic) bond motifs is 1. The normalized spacial score (nSPS) is 14.5. The Hall–Kier alpha value is -1.71. The number of para-hydroxylation sites is 1. The number of carbonyl (C=O) groups is 1. The lowest BCUT2D eigenvalue weighted by molar-refractivity contribution is -0.120. The van der Waals surface area contributed by atoms with E-state index < -0.39 is 0 Å². The van der Waals surface area contributed by atoms with E-state index in [9.17, 15) is 4.79 Å². The van der Waals surface area contributed by atoms with Crippen molar-refractivity contribution >= 4 is 34.8 Å². The summed E-state index contributed by atoms with van der Waals surface area (Å²) in [6.07, 6.45) is 0.992. The van der Waals surface area contributed by atoms with Crippen LogP contribution in [0, 0.1) is 0 Å². The molecule has 0 unspecified atom stereocenters. The molecule has 1 aliphatic rings. The molecule has 0 radical (unpaired) electrons. The molecule has 0 aromatic heterocycles. The zero-order chi connectivity index (χ0) is 16.4. The van der Waals surface area contributed by atoms with Gasteiger partial charge in [-0.3, -0.25) is 4.79 Å². The van der Waals surface area contributed by atoms with Crippen molar-refractivity contribution in [2.75, 3.05) is 18.0 Å². The van der Waals surface area contributed by atoms with E-state index in [1.165, 1.54) is 5.56 Å². The number of nitrogens with zero attached hydrogens (tertiary/aromatic N) is 1. The van der Waals surface area contributed by atoms with E-state index in [-0.39, 0.29) is 11.9 Å². The zero-order valence-corrected chi connectivity index (χ0v) is 14.4. The molecular formula is C18H18Cl2N2O. The molecule has 0 saturated carbocycles. The van der Waals surface area contributed by atoms with Crippen LogP contribution in [0.1, 0.15) is 24.1 Å². The predicted molar refractivity (Wildman–Crippen MR) is 95.4 cm³/mol. The maximum absolute atomic E-state index is 12.3. The largest absolute Gasteiger partial charge is 0.362 e. The average Bonchev–Trinajstić information content (AvgIpc) is 2.93. The van der Waals surface area contributed by atoms with E-state index in [1.807, 2.05) is 25.1 Å². The Balaban J connectivity index is 1.62. The molecule has 3 nitrogen and oxygen atoms in total. The number of carbonyl (C=O) groups excluding carboxylic acids is 1. The summed E-state index contributed by atoms with van der Waals surface area (Å²) in [4.78, 5) is 14.4. The molecule has 120 valence electrons. The fourth-order valence-corrected chi connectivity index (χ4v) is 3.20. The van der Waals surface area contributed by atoms with Crippen LogP contribution in [0.2, 0.25) is 10.0 Å². The Labute approximate surface area is 146 Å². The molecule has 23 heavy (non-hydrogen) atoms. The molecule has 1 heterocycles. The van der Waals surface area contributed by atoms with Crippen molar-refractivity contribution in [2.24, 2.45) is 0 Å². The van der Waals surface area contributed by atoms with Crippen molar-refractivity contribution in [3.05, 3.63) is 63.6 Å². The first-order valence-corrected chi connectivity index (χ1v) is 8.37. The van der Waals surface area contributed by atoms with Crippen LogP contribution in [0.3, 0.4) is 0 Å². The van der Waals surface area contributed by atoms with Gasteiger partial charge in [-0.15, -0.1) is 0 Å². The molecule has 0 saturated heterocycles. The fourth-order valence-electron chi connectivity index (χ4n) is 2.90. The molecule has 5 heteroatoms. The molecule has 0 bridgehead atoms. The number of hydrogen-bond acceptors (Lipinski definition) is 2. The van der Waals surface area contributed by atoms with Gasteiger partial charge in [0.2, 0.25) is 5.91 Å². The van der Waals surface area contributed by atoms with Gasteiger partial charge in [0.05, 0.1) is 22.6 Å². The Morgan fingerprint density at radius 1 is 1.22 bits per heavy atom. The van der Waals surface area contributed by atoms with Crippen LogP contribution < -0.4 is 10.2 Å². The van der Waals surface area contributed by atoms with Crippen molar-refractivity contribution < 1.29 is 4.79 Å². The maximum Gasteiger partial charge on any atom is 0.239 e. The molecule has 1 atom stereocenters. The minimum absolute atomic E-state index is 0.000255. The van der Waals surface area contributed by atoms with Gasteiger partial charge in [0.1, 0.15) is 0 Å². The number of amides is 1. The van der Waals surface area contributed by atoms with Crippen LogP contribution >= 0.6 is 23.2 Å². The third-order valence-electron chi connectivity index (χ3n) is 4.14. The molecule has 0 fully saturated rings. The van der Waals surface area contributed by atoms with E-state index in [0.717, 1.165) is 24.2 Å². The Bertz CT molecular complexity index is 733. The minimum Gasteiger partial charge on any atom is -0.362 e. The summed E-state index contributed by atoms with van der Waals surface area (Å²) in [6.45, 7) is 3.19. The lowest BCUT2D eigenvalue weighted by atomic mass is 10.1. The van der Waals surface area contributed by atoms with Crippen molar-refractivity contribution in [2.45, 2.75) is 19.4 Å². The number of nitrogens with one attached hydrogen (secondary N) is 1. The highest BCUT2D eigenvalue weighted by molar-refractivity contribution is 6.42. The second-order valence-electron chi connectivity index (χ2n) is 5.76. The molecule has 1 amide bonds. The summed E-state index contributed by atoms with van der Waals surface area (Å²) in [7, 11) is 0. The van der Waals surface area contributed by atoms with Gasteiger partial charge in [-0.05, 0) is 42.7 Å². The van der Waals surface area contributed by atoms with E-state index in [2.05, 4.69) is 22.3 Å². The third-order valence-corrected chi connectivity index (χ3v) is 4.88. The van der Waals surface area contributed by atoms with Gasteiger partial charge in [-0.1, -0.05) is 47.5 Å². The molecule has 1 N–H and O–H groups in total. The molecular weight excluding hydrogens is 331 g/mol. The first-order chi connectivity index (χ1) is 11.0. The quantitative estimate of drug-likeness (QED) is 0.896. The average molecular weight is 349 g/mol. The van der Waals surface area contributed by atoms with E-state index in [0.29, 0.717) is 16.6 Å². The van der Waals surface area contributed by atoms with Gasteiger partial charge in [-0.25, -0.2) is 0 Å². The van der Waals surface area contributed by atoms with E-state index in [4.69, 9.17) is 23.2 Å².